The molecule has 4 heteroatoms. The number of rotatable bonds is 1. The van der Waals surface area contributed by atoms with Gasteiger partial charge in [0.05, 0.1) is 0 Å². The molecule has 0 saturated heterocycles. The molecule has 0 saturated carbocycles. The lowest BCUT2D eigenvalue weighted by molar-refractivity contribution is 0.0697. The monoisotopic (exact) mass is 210 g/mol. The fourth-order valence-electron chi connectivity index (χ4n) is 1.46. The number of halogens is 1. The van der Waals surface area contributed by atoms with Crippen molar-refractivity contribution in [3.05, 3.63) is 34.5 Å². The third-order valence-corrected chi connectivity index (χ3v) is 2.28. The van der Waals surface area contributed by atoms with E-state index in [-0.39, 0.29) is 5.56 Å². The van der Waals surface area contributed by atoms with Crippen molar-refractivity contribution in [2.75, 3.05) is 0 Å². The van der Waals surface area contributed by atoms with Gasteiger partial charge in [-0.3, -0.25) is 0 Å². The molecule has 0 aliphatic carbocycles. The summed E-state index contributed by atoms with van der Waals surface area (Å²) in [7, 11) is 0. The Balaban J connectivity index is 2.84. The first kappa shape index (κ1) is 9.09. The summed E-state index contributed by atoms with van der Waals surface area (Å²) in [6, 6.07) is 4.90. The molecular formula is C10H7ClO3. The summed E-state index contributed by atoms with van der Waals surface area (Å²) in [5, 5.41) is 10.0. The largest absolute Gasteiger partial charge is 0.478 e. The lowest BCUT2D eigenvalue weighted by Crippen LogP contribution is -1.96. The third kappa shape index (κ3) is 1.26. The smallest absolute Gasteiger partial charge is 0.339 e. The van der Waals surface area contributed by atoms with Gasteiger partial charge < -0.3 is 9.52 Å². The van der Waals surface area contributed by atoms with E-state index in [2.05, 4.69) is 0 Å². The van der Waals surface area contributed by atoms with Gasteiger partial charge in [-0.2, -0.15) is 0 Å². The molecule has 0 atom stereocenters. The maximum atomic E-state index is 10.9. The van der Waals surface area contributed by atoms with Crippen LogP contribution in [-0.2, 0) is 0 Å². The number of benzene rings is 1. The van der Waals surface area contributed by atoms with Crippen LogP contribution in [0, 0.1) is 6.92 Å². The van der Waals surface area contributed by atoms with E-state index in [4.69, 9.17) is 21.1 Å². The van der Waals surface area contributed by atoms with Crippen molar-refractivity contribution in [1.82, 2.24) is 0 Å². The van der Waals surface area contributed by atoms with Crippen molar-refractivity contribution in [1.29, 1.82) is 0 Å². The Labute approximate surface area is 84.9 Å². The second-order valence-electron chi connectivity index (χ2n) is 2.98. The van der Waals surface area contributed by atoms with Crippen LogP contribution in [0.5, 0.6) is 0 Å². The van der Waals surface area contributed by atoms with E-state index in [1.807, 2.05) is 0 Å². The van der Waals surface area contributed by atoms with Crippen LogP contribution in [0.15, 0.2) is 22.6 Å². The van der Waals surface area contributed by atoms with Crippen LogP contribution in [-0.4, -0.2) is 11.1 Å². The van der Waals surface area contributed by atoms with Crippen molar-refractivity contribution in [2.24, 2.45) is 0 Å². The zero-order valence-electron chi connectivity index (χ0n) is 7.37. The summed E-state index contributed by atoms with van der Waals surface area (Å²) >= 11 is 5.75. The number of carboxylic acids is 1. The molecule has 72 valence electrons. The van der Waals surface area contributed by atoms with Gasteiger partial charge in [-0.1, -0.05) is 11.6 Å². The highest BCUT2D eigenvalue weighted by Crippen LogP contribution is 2.27. The van der Waals surface area contributed by atoms with Gasteiger partial charge in [-0.15, -0.1) is 0 Å². The van der Waals surface area contributed by atoms with Crippen molar-refractivity contribution in [3.8, 4) is 0 Å². The molecule has 0 amide bonds. The first-order chi connectivity index (χ1) is 6.59. The Kier molecular flexibility index (Phi) is 1.97. The zero-order valence-corrected chi connectivity index (χ0v) is 8.13. The number of carboxylic acid groups (broad SMARTS) is 1. The van der Waals surface area contributed by atoms with Crippen molar-refractivity contribution in [2.45, 2.75) is 6.92 Å². The predicted molar refractivity (Wildman–Crippen MR) is 52.9 cm³/mol. The average Bonchev–Trinajstić information content (AvgIpc) is 2.39. The highest BCUT2D eigenvalue weighted by molar-refractivity contribution is 6.31. The average molecular weight is 211 g/mol. The molecule has 2 aromatic rings. The summed E-state index contributed by atoms with van der Waals surface area (Å²) in [4.78, 5) is 10.9. The molecule has 0 bridgehead atoms. The number of fused-ring (bicyclic) bond motifs is 1. The Morgan fingerprint density at radius 2 is 2.21 bits per heavy atom. The van der Waals surface area contributed by atoms with E-state index in [1.165, 1.54) is 0 Å². The van der Waals surface area contributed by atoms with Crippen LogP contribution in [0.2, 0.25) is 5.02 Å². The molecule has 0 aliphatic heterocycles. The zero-order chi connectivity index (χ0) is 10.3. The molecule has 2 rings (SSSR count). The third-order valence-electron chi connectivity index (χ3n) is 2.04. The van der Waals surface area contributed by atoms with Crippen molar-refractivity contribution in [3.63, 3.8) is 0 Å². The normalized spacial score (nSPS) is 10.7. The van der Waals surface area contributed by atoms with E-state index in [9.17, 15) is 4.79 Å². The molecule has 0 spiro atoms. The molecule has 0 aliphatic rings. The molecule has 1 aromatic heterocycles. The topological polar surface area (TPSA) is 50.4 Å². The van der Waals surface area contributed by atoms with E-state index in [0.29, 0.717) is 21.8 Å². The number of hydrogen-bond acceptors (Lipinski definition) is 2. The van der Waals surface area contributed by atoms with Gasteiger partial charge in [0.2, 0.25) is 0 Å². The summed E-state index contributed by atoms with van der Waals surface area (Å²) in [6.07, 6.45) is 0. The number of furan rings is 1. The SMILES string of the molecule is Cc1oc2cc(Cl)ccc2c1C(=O)O. The van der Waals surface area contributed by atoms with Gasteiger partial charge in [-0.25, -0.2) is 4.79 Å². The number of carbonyl (C=O) groups is 1. The Bertz CT molecular complexity index is 513. The lowest BCUT2D eigenvalue weighted by Gasteiger charge is -1.91. The molecule has 1 aromatic carbocycles. The Morgan fingerprint density at radius 1 is 1.50 bits per heavy atom. The van der Waals surface area contributed by atoms with Gasteiger partial charge >= 0.3 is 5.97 Å². The van der Waals surface area contributed by atoms with Crippen LogP contribution < -0.4 is 0 Å². The summed E-state index contributed by atoms with van der Waals surface area (Å²) in [6.45, 7) is 1.62. The van der Waals surface area contributed by atoms with Gasteiger partial charge in [0.15, 0.2) is 0 Å². The molecule has 0 unspecified atom stereocenters. The lowest BCUT2D eigenvalue weighted by atomic mass is 10.1. The summed E-state index contributed by atoms with van der Waals surface area (Å²) in [5.41, 5.74) is 0.712. The number of hydrogen-bond donors (Lipinski definition) is 1. The van der Waals surface area contributed by atoms with Crippen LogP contribution in [0.3, 0.4) is 0 Å². The van der Waals surface area contributed by atoms with Crippen molar-refractivity contribution < 1.29 is 14.3 Å². The molecule has 3 nitrogen and oxygen atoms in total. The van der Waals surface area contributed by atoms with E-state index in [0.717, 1.165) is 0 Å². The summed E-state index contributed by atoms with van der Waals surface area (Å²) < 4.78 is 5.28. The minimum atomic E-state index is -0.983. The fraction of sp³-hybridized carbons (Fsp3) is 0.100. The molecule has 14 heavy (non-hydrogen) atoms. The van der Waals surface area contributed by atoms with Crippen LogP contribution >= 0.6 is 11.6 Å². The Morgan fingerprint density at radius 3 is 2.86 bits per heavy atom. The molecule has 0 radical (unpaired) electrons. The molecular weight excluding hydrogens is 204 g/mol. The first-order valence-corrected chi connectivity index (χ1v) is 4.39. The van der Waals surface area contributed by atoms with E-state index < -0.39 is 5.97 Å². The quantitative estimate of drug-likeness (QED) is 0.787. The molecule has 0 fully saturated rings. The van der Waals surface area contributed by atoms with E-state index in [1.54, 1.807) is 25.1 Å². The Hall–Kier alpha value is -1.48. The maximum absolute atomic E-state index is 10.9. The highest BCUT2D eigenvalue weighted by Gasteiger charge is 2.16. The van der Waals surface area contributed by atoms with Gasteiger partial charge in [0, 0.05) is 16.5 Å². The van der Waals surface area contributed by atoms with Gasteiger partial charge in [0.25, 0.3) is 0 Å². The van der Waals surface area contributed by atoms with Gasteiger partial charge in [-0.05, 0) is 19.1 Å². The second kappa shape index (κ2) is 3.03. The number of aryl methyl sites for hydroxylation is 1. The minimum absolute atomic E-state index is 0.205. The number of aromatic carboxylic acids is 1. The summed E-state index contributed by atoms with van der Waals surface area (Å²) in [5.74, 6) is -0.585. The fourth-order valence-corrected chi connectivity index (χ4v) is 1.62. The maximum Gasteiger partial charge on any atom is 0.339 e. The first-order valence-electron chi connectivity index (χ1n) is 4.01. The standard InChI is InChI=1S/C10H7ClO3/c1-5-9(10(12)13)7-3-2-6(11)4-8(7)14-5/h2-4H,1H3,(H,12,13). The van der Waals surface area contributed by atoms with E-state index >= 15 is 0 Å². The second-order valence-corrected chi connectivity index (χ2v) is 3.42. The van der Waals surface area contributed by atoms with Gasteiger partial charge in [0.1, 0.15) is 16.9 Å². The van der Waals surface area contributed by atoms with Crippen LogP contribution in [0.1, 0.15) is 16.1 Å². The van der Waals surface area contributed by atoms with Crippen LogP contribution in [0.25, 0.3) is 11.0 Å². The predicted octanol–water partition coefficient (Wildman–Crippen LogP) is 3.09. The van der Waals surface area contributed by atoms with Crippen LogP contribution in [0.4, 0.5) is 0 Å². The van der Waals surface area contributed by atoms with Crippen molar-refractivity contribution >= 4 is 28.5 Å². The minimum Gasteiger partial charge on any atom is -0.478 e. The molecule has 1 heterocycles. The molecule has 1 N–H and O–H groups in total. The highest BCUT2D eigenvalue weighted by atomic mass is 35.5.